The summed E-state index contributed by atoms with van der Waals surface area (Å²) in [6, 6.07) is 10.2. The van der Waals surface area contributed by atoms with Crippen LogP contribution in [0.4, 0.5) is 5.69 Å². The van der Waals surface area contributed by atoms with E-state index in [1.54, 1.807) is 24.3 Å². The molecule has 3 rings (SSSR count). The Morgan fingerprint density at radius 2 is 1.93 bits per heavy atom. The summed E-state index contributed by atoms with van der Waals surface area (Å²) in [5.41, 5.74) is 20.8. The third kappa shape index (κ3) is 3.62. The number of ether oxygens (including phenoxy) is 1. The van der Waals surface area contributed by atoms with Gasteiger partial charge in [-0.3, -0.25) is 4.79 Å². The number of phenolic OH excluding ortho intramolecular Hbond substituents is 1. The molecule has 1 saturated carbocycles. The van der Waals surface area contributed by atoms with Crippen LogP contribution in [0.15, 0.2) is 42.1 Å². The monoisotopic (exact) mass is 368 g/mol. The molecule has 1 aliphatic rings. The van der Waals surface area contributed by atoms with Crippen molar-refractivity contribution in [1.29, 1.82) is 0 Å². The van der Waals surface area contributed by atoms with E-state index in [2.05, 4.69) is 5.32 Å². The number of nitrogens with two attached hydrogens (primary N) is 3. The Kier molecular flexibility index (Phi) is 5.12. The lowest BCUT2D eigenvalue weighted by Crippen LogP contribution is -2.42. The third-order valence-electron chi connectivity index (χ3n) is 4.85. The van der Waals surface area contributed by atoms with Crippen LogP contribution < -0.4 is 27.3 Å². The number of carbonyl (C=O) groups is 1. The average Bonchev–Trinajstić information content (AvgIpc) is 2.63. The molecule has 2 aromatic carbocycles. The van der Waals surface area contributed by atoms with Crippen LogP contribution in [0.25, 0.3) is 16.8 Å². The molecular weight excluding hydrogens is 344 g/mol. The highest BCUT2D eigenvalue weighted by atomic mass is 16.5. The van der Waals surface area contributed by atoms with E-state index in [0.29, 0.717) is 28.1 Å². The zero-order chi connectivity index (χ0) is 19.6. The Morgan fingerprint density at radius 1 is 1.19 bits per heavy atom. The van der Waals surface area contributed by atoms with Gasteiger partial charge < -0.3 is 32.4 Å². The second-order valence-electron chi connectivity index (χ2n) is 6.58. The standard InChI is InChI=1S/C20H24N4O3/c1-27-16-10-12(25)8-9-13(16)14-6-3-7-15(17(14)21)18(22)19(23)20(26)24-11-4-2-5-11/h3,6-11,25H,2,4-5,21-23H2,1H3,(H,24,26)/b19-18+. The van der Waals surface area contributed by atoms with Gasteiger partial charge in [0.15, 0.2) is 0 Å². The molecule has 0 aliphatic heterocycles. The van der Waals surface area contributed by atoms with Crippen molar-refractivity contribution in [1.82, 2.24) is 5.32 Å². The molecular formula is C20H24N4O3. The summed E-state index contributed by atoms with van der Waals surface area (Å²) in [6.45, 7) is 0. The van der Waals surface area contributed by atoms with E-state index in [1.807, 2.05) is 6.07 Å². The van der Waals surface area contributed by atoms with E-state index in [4.69, 9.17) is 21.9 Å². The molecule has 1 fully saturated rings. The van der Waals surface area contributed by atoms with Gasteiger partial charge in [-0.05, 0) is 31.4 Å². The molecule has 0 atom stereocenters. The summed E-state index contributed by atoms with van der Waals surface area (Å²) in [7, 11) is 1.51. The average molecular weight is 368 g/mol. The van der Waals surface area contributed by atoms with E-state index in [-0.39, 0.29) is 29.1 Å². The number of methoxy groups -OCH3 is 1. The fraction of sp³-hybridized carbons (Fsp3) is 0.250. The molecule has 1 aliphatic carbocycles. The number of nitrogen functional groups attached to an aromatic ring is 1. The van der Waals surface area contributed by atoms with E-state index < -0.39 is 0 Å². The first kappa shape index (κ1) is 18.4. The van der Waals surface area contributed by atoms with Gasteiger partial charge in [0.05, 0.1) is 12.8 Å². The lowest BCUT2D eigenvalue weighted by molar-refractivity contribution is -0.118. The van der Waals surface area contributed by atoms with Crippen molar-refractivity contribution in [2.45, 2.75) is 25.3 Å². The van der Waals surface area contributed by atoms with Gasteiger partial charge in [-0.2, -0.15) is 0 Å². The molecule has 0 spiro atoms. The normalized spacial score (nSPS) is 14.9. The molecule has 2 aromatic rings. The second kappa shape index (κ2) is 7.49. The molecule has 8 N–H and O–H groups in total. The highest BCUT2D eigenvalue weighted by molar-refractivity contribution is 6.02. The summed E-state index contributed by atoms with van der Waals surface area (Å²) in [5, 5.41) is 12.5. The quantitative estimate of drug-likeness (QED) is 0.404. The Hall–Kier alpha value is -3.35. The number of aromatic hydroxyl groups is 1. The maximum atomic E-state index is 12.3. The topological polar surface area (TPSA) is 137 Å². The SMILES string of the molecule is COc1cc(O)ccc1-c1cccc(/C(N)=C(\N)C(=O)NC2CCC2)c1N. The molecule has 142 valence electrons. The summed E-state index contributed by atoms with van der Waals surface area (Å²) < 4.78 is 5.34. The number of amides is 1. The van der Waals surface area contributed by atoms with Gasteiger partial charge in [-0.15, -0.1) is 0 Å². The summed E-state index contributed by atoms with van der Waals surface area (Å²) in [6.07, 6.45) is 3.02. The molecule has 27 heavy (non-hydrogen) atoms. The van der Waals surface area contributed by atoms with Crippen LogP contribution in [0.3, 0.4) is 0 Å². The van der Waals surface area contributed by atoms with Crippen molar-refractivity contribution in [3.63, 3.8) is 0 Å². The smallest absolute Gasteiger partial charge is 0.269 e. The highest BCUT2D eigenvalue weighted by Gasteiger charge is 2.22. The van der Waals surface area contributed by atoms with E-state index in [1.165, 1.54) is 13.2 Å². The number of phenols is 1. The van der Waals surface area contributed by atoms with Crippen LogP contribution in [0.1, 0.15) is 24.8 Å². The molecule has 0 radical (unpaired) electrons. The zero-order valence-electron chi connectivity index (χ0n) is 15.2. The van der Waals surface area contributed by atoms with Crippen LogP contribution in [0.2, 0.25) is 0 Å². The van der Waals surface area contributed by atoms with Crippen molar-refractivity contribution in [3.05, 3.63) is 47.7 Å². The largest absolute Gasteiger partial charge is 0.508 e. The zero-order valence-corrected chi connectivity index (χ0v) is 15.2. The number of carbonyl (C=O) groups excluding carboxylic acids is 1. The minimum Gasteiger partial charge on any atom is -0.508 e. The number of para-hydroxylation sites is 1. The van der Waals surface area contributed by atoms with Crippen LogP contribution in [0, 0.1) is 0 Å². The fourth-order valence-electron chi connectivity index (χ4n) is 3.02. The molecule has 1 amide bonds. The molecule has 0 heterocycles. The van der Waals surface area contributed by atoms with Crippen LogP contribution >= 0.6 is 0 Å². The number of nitrogens with one attached hydrogen (secondary N) is 1. The van der Waals surface area contributed by atoms with E-state index in [0.717, 1.165) is 19.3 Å². The first-order chi connectivity index (χ1) is 12.9. The maximum Gasteiger partial charge on any atom is 0.269 e. The highest BCUT2D eigenvalue weighted by Crippen LogP contribution is 2.38. The van der Waals surface area contributed by atoms with Crippen LogP contribution in [-0.2, 0) is 4.79 Å². The Bertz CT molecular complexity index is 904. The van der Waals surface area contributed by atoms with Gasteiger partial charge in [-0.1, -0.05) is 18.2 Å². The van der Waals surface area contributed by atoms with Gasteiger partial charge in [0.25, 0.3) is 5.91 Å². The Balaban J connectivity index is 1.99. The van der Waals surface area contributed by atoms with Crippen molar-refractivity contribution >= 4 is 17.3 Å². The number of benzene rings is 2. The predicted octanol–water partition coefficient (Wildman–Crippen LogP) is 1.90. The minimum atomic E-state index is -0.385. The van der Waals surface area contributed by atoms with E-state index >= 15 is 0 Å². The summed E-state index contributed by atoms with van der Waals surface area (Å²) in [4.78, 5) is 12.3. The summed E-state index contributed by atoms with van der Waals surface area (Å²) >= 11 is 0. The van der Waals surface area contributed by atoms with E-state index in [9.17, 15) is 9.90 Å². The van der Waals surface area contributed by atoms with Gasteiger partial charge in [0.2, 0.25) is 0 Å². The predicted molar refractivity (Wildman–Crippen MR) is 106 cm³/mol. The lowest BCUT2D eigenvalue weighted by Gasteiger charge is -2.26. The number of hydrogen-bond acceptors (Lipinski definition) is 6. The summed E-state index contributed by atoms with van der Waals surface area (Å²) in [5.74, 6) is 0.169. The van der Waals surface area contributed by atoms with Gasteiger partial charge >= 0.3 is 0 Å². The first-order valence-electron chi connectivity index (χ1n) is 8.74. The van der Waals surface area contributed by atoms with Gasteiger partial charge in [0.1, 0.15) is 17.2 Å². The lowest BCUT2D eigenvalue weighted by atomic mass is 9.93. The Morgan fingerprint density at radius 3 is 2.56 bits per heavy atom. The van der Waals surface area contributed by atoms with Gasteiger partial charge in [0, 0.05) is 34.5 Å². The van der Waals surface area contributed by atoms with Crippen molar-refractivity contribution in [3.8, 4) is 22.6 Å². The molecule has 0 aromatic heterocycles. The van der Waals surface area contributed by atoms with Crippen LogP contribution in [0.5, 0.6) is 11.5 Å². The first-order valence-corrected chi connectivity index (χ1v) is 8.74. The third-order valence-corrected chi connectivity index (χ3v) is 4.85. The Labute approximate surface area is 157 Å². The minimum absolute atomic E-state index is 0.0524. The molecule has 7 nitrogen and oxygen atoms in total. The maximum absolute atomic E-state index is 12.3. The molecule has 0 bridgehead atoms. The molecule has 0 saturated heterocycles. The fourth-order valence-corrected chi connectivity index (χ4v) is 3.02. The second-order valence-corrected chi connectivity index (χ2v) is 6.58. The van der Waals surface area contributed by atoms with Crippen molar-refractivity contribution < 1.29 is 14.6 Å². The molecule has 0 unspecified atom stereocenters. The van der Waals surface area contributed by atoms with Crippen LogP contribution in [-0.4, -0.2) is 24.2 Å². The number of hydrogen-bond donors (Lipinski definition) is 5. The van der Waals surface area contributed by atoms with Crippen molar-refractivity contribution in [2.24, 2.45) is 11.5 Å². The van der Waals surface area contributed by atoms with Crippen molar-refractivity contribution in [2.75, 3.05) is 12.8 Å². The van der Waals surface area contributed by atoms with Gasteiger partial charge in [-0.25, -0.2) is 0 Å². The number of rotatable bonds is 5. The number of anilines is 1. The molecule has 7 heteroatoms.